The molecule has 1 saturated carbocycles. The molecule has 0 amide bonds. The molecule has 0 N–H and O–H groups in total. The molecule has 30 heavy (non-hydrogen) atoms. The summed E-state index contributed by atoms with van der Waals surface area (Å²) in [6.07, 6.45) is 4.92. The lowest BCUT2D eigenvalue weighted by Crippen LogP contribution is -2.33. The maximum Gasteiger partial charge on any atom is 0.220 e. The van der Waals surface area contributed by atoms with Crippen LogP contribution in [0.2, 0.25) is 0 Å². The maximum atomic E-state index is 6.68. The van der Waals surface area contributed by atoms with Crippen molar-refractivity contribution in [3.8, 4) is 0 Å². The van der Waals surface area contributed by atoms with Crippen molar-refractivity contribution < 1.29 is 8.39 Å². The van der Waals surface area contributed by atoms with Crippen molar-refractivity contribution in [3.63, 3.8) is 0 Å². The van der Waals surface area contributed by atoms with Crippen molar-refractivity contribution in [2.75, 3.05) is 0 Å². The van der Waals surface area contributed by atoms with Gasteiger partial charge in [0, 0.05) is 10.8 Å². The number of rotatable bonds is 3. The lowest BCUT2D eigenvalue weighted by molar-refractivity contribution is 0.220. The van der Waals surface area contributed by atoms with Gasteiger partial charge in [-0.25, -0.2) is 0 Å². The summed E-state index contributed by atoms with van der Waals surface area (Å²) in [5.74, 6) is 0.525. The van der Waals surface area contributed by atoms with Crippen molar-refractivity contribution in [1.82, 2.24) is 0 Å². The first-order valence-corrected chi connectivity index (χ1v) is 12.3. The Kier molecular flexibility index (Phi) is 5.21. The first-order chi connectivity index (χ1) is 14.6. The second-order valence-corrected chi connectivity index (χ2v) is 10.6. The standard InChI is InChI=1S/C27H29O2P/c1-27(2,20-12-4-3-5-13-20)23-16-8-11-19-26(23)30-28-24-17-9-6-14-21(24)22-15-7-10-18-25(22)29-30/h3-7,9-10,12-15,17-18,23,26H,8,11,16,19H2,1-2H3/t23-,26-/m1/s1. The summed E-state index contributed by atoms with van der Waals surface area (Å²) in [4.78, 5) is 0. The van der Waals surface area contributed by atoms with E-state index in [-0.39, 0.29) is 5.41 Å². The fourth-order valence-corrected chi connectivity index (χ4v) is 7.40. The Hall–Kier alpha value is -2.44. The minimum absolute atomic E-state index is 0.0761. The zero-order valence-corrected chi connectivity index (χ0v) is 18.6. The molecule has 0 saturated heterocycles. The molecule has 0 spiro atoms. The SMILES string of the molecule is CC(C)(c1ccccc1)[C@@H]1CCCC[C@H]1p1oc2ccccc2c2ccccc2o1. The fraction of sp³-hybridized carbons (Fsp3) is 0.333. The molecule has 0 bridgehead atoms. The van der Waals surface area contributed by atoms with Crippen LogP contribution in [0.15, 0.2) is 87.3 Å². The third kappa shape index (κ3) is 3.48. The highest BCUT2D eigenvalue weighted by Gasteiger charge is 2.41. The molecule has 0 unspecified atom stereocenters. The summed E-state index contributed by atoms with van der Waals surface area (Å²) in [7, 11) is -1.08. The van der Waals surface area contributed by atoms with Gasteiger partial charge in [0.05, 0.1) is 5.66 Å². The van der Waals surface area contributed by atoms with E-state index >= 15 is 0 Å². The van der Waals surface area contributed by atoms with E-state index in [2.05, 4.69) is 92.7 Å². The molecule has 1 fully saturated rings. The number of hydrogen-bond acceptors (Lipinski definition) is 2. The predicted molar refractivity (Wildman–Crippen MR) is 127 cm³/mol. The van der Waals surface area contributed by atoms with Crippen LogP contribution in [-0.4, -0.2) is 0 Å². The van der Waals surface area contributed by atoms with Gasteiger partial charge in [0.2, 0.25) is 8.01 Å². The number of hydrogen-bond donors (Lipinski definition) is 0. The lowest BCUT2D eigenvalue weighted by Gasteiger charge is -2.41. The Morgan fingerprint density at radius 2 is 1.23 bits per heavy atom. The lowest BCUT2D eigenvalue weighted by atomic mass is 9.67. The molecule has 2 nitrogen and oxygen atoms in total. The summed E-state index contributed by atoms with van der Waals surface area (Å²) in [6.45, 7) is 4.81. The van der Waals surface area contributed by atoms with E-state index in [4.69, 9.17) is 8.39 Å². The second kappa shape index (κ2) is 8.00. The Labute approximate surface area is 179 Å². The van der Waals surface area contributed by atoms with Gasteiger partial charge in [0.25, 0.3) is 0 Å². The third-order valence-electron chi connectivity index (χ3n) is 6.89. The predicted octanol–water partition coefficient (Wildman–Crippen LogP) is 9.00. The molecule has 4 aromatic rings. The van der Waals surface area contributed by atoms with E-state index in [0.29, 0.717) is 11.6 Å². The molecule has 1 aliphatic carbocycles. The summed E-state index contributed by atoms with van der Waals surface area (Å²) >= 11 is 0. The zero-order chi connectivity index (χ0) is 20.6. The Bertz CT molecular complexity index is 1130. The summed E-state index contributed by atoms with van der Waals surface area (Å²) in [6, 6.07) is 27.7. The monoisotopic (exact) mass is 416 g/mol. The molecule has 3 heteroatoms. The van der Waals surface area contributed by atoms with Gasteiger partial charge in [0.15, 0.2) is 0 Å². The van der Waals surface area contributed by atoms with Crippen LogP contribution >= 0.6 is 8.01 Å². The highest BCUT2D eigenvalue weighted by atomic mass is 31.1. The van der Waals surface area contributed by atoms with Crippen LogP contribution in [0.3, 0.4) is 0 Å². The summed E-state index contributed by atoms with van der Waals surface area (Å²) in [5, 5.41) is 2.26. The van der Waals surface area contributed by atoms with Crippen LogP contribution in [0, 0.1) is 5.92 Å². The second-order valence-electron chi connectivity index (χ2n) is 9.01. The summed E-state index contributed by atoms with van der Waals surface area (Å²) < 4.78 is 13.4. The zero-order valence-electron chi connectivity index (χ0n) is 17.8. The quantitative estimate of drug-likeness (QED) is 0.333. The van der Waals surface area contributed by atoms with Crippen molar-refractivity contribution in [3.05, 3.63) is 84.4 Å². The topological polar surface area (TPSA) is 26.3 Å². The van der Waals surface area contributed by atoms with E-state index in [1.54, 1.807) is 0 Å². The van der Waals surface area contributed by atoms with Crippen molar-refractivity contribution in [2.45, 2.75) is 50.6 Å². The van der Waals surface area contributed by atoms with E-state index in [1.807, 2.05) is 0 Å². The number of benzene rings is 3. The highest BCUT2D eigenvalue weighted by Crippen LogP contribution is 2.57. The normalized spacial score (nSPS) is 19.8. The molecule has 5 rings (SSSR count). The molecular weight excluding hydrogens is 387 g/mol. The van der Waals surface area contributed by atoms with Crippen LogP contribution in [0.25, 0.3) is 21.9 Å². The molecular formula is C27H29O2P. The van der Waals surface area contributed by atoms with Gasteiger partial charge < -0.3 is 8.39 Å². The van der Waals surface area contributed by atoms with Crippen LogP contribution in [-0.2, 0) is 5.41 Å². The van der Waals surface area contributed by atoms with Gasteiger partial charge in [-0.15, -0.1) is 0 Å². The smallest absolute Gasteiger partial charge is 0.220 e. The molecule has 1 heterocycles. The minimum Gasteiger partial charge on any atom is -0.419 e. The molecule has 3 aromatic carbocycles. The van der Waals surface area contributed by atoms with Gasteiger partial charge in [-0.05, 0) is 41.9 Å². The van der Waals surface area contributed by atoms with Crippen molar-refractivity contribution in [2.24, 2.45) is 5.92 Å². The fourth-order valence-electron chi connectivity index (χ4n) is 5.17. The average Bonchev–Trinajstić information content (AvgIpc) is 2.97. The van der Waals surface area contributed by atoms with Crippen LogP contribution in [0.5, 0.6) is 0 Å². The van der Waals surface area contributed by atoms with Crippen molar-refractivity contribution >= 4 is 30.0 Å². The average molecular weight is 417 g/mol. The van der Waals surface area contributed by atoms with E-state index in [0.717, 1.165) is 28.4 Å². The Morgan fingerprint density at radius 1 is 0.700 bits per heavy atom. The molecule has 154 valence electrons. The largest absolute Gasteiger partial charge is 0.419 e. The van der Waals surface area contributed by atoms with Gasteiger partial charge in [-0.3, -0.25) is 0 Å². The van der Waals surface area contributed by atoms with E-state index in [1.165, 1.54) is 24.8 Å². The van der Waals surface area contributed by atoms with Gasteiger partial charge in [-0.2, -0.15) is 0 Å². The van der Waals surface area contributed by atoms with Gasteiger partial charge in [-0.1, -0.05) is 93.4 Å². The molecule has 0 radical (unpaired) electrons. The highest BCUT2D eigenvalue weighted by molar-refractivity contribution is 7.37. The molecule has 1 aromatic heterocycles. The van der Waals surface area contributed by atoms with Crippen LogP contribution in [0.4, 0.5) is 0 Å². The molecule has 2 atom stereocenters. The third-order valence-corrected chi connectivity index (χ3v) is 8.80. The van der Waals surface area contributed by atoms with E-state index in [9.17, 15) is 0 Å². The molecule has 0 aliphatic heterocycles. The number of fused-ring (bicyclic) bond motifs is 3. The Balaban J connectivity index is 1.69. The Morgan fingerprint density at radius 3 is 1.87 bits per heavy atom. The van der Waals surface area contributed by atoms with Crippen molar-refractivity contribution in [1.29, 1.82) is 0 Å². The van der Waals surface area contributed by atoms with E-state index < -0.39 is 8.01 Å². The van der Waals surface area contributed by atoms with Gasteiger partial charge in [0.1, 0.15) is 11.2 Å². The minimum atomic E-state index is -1.08. The number of para-hydroxylation sites is 2. The first kappa shape index (κ1) is 19.5. The van der Waals surface area contributed by atoms with Crippen LogP contribution in [0.1, 0.15) is 50.8 Å². The summed E-state index contributed by atoms with van der Waals surface area (Å²) in [5.41, 5.74) is 3.80. The first-order valence-electron chi connectivity index (χ1n) is 11.0. The molecule has 1 aliphatic rings. The van der Waals surface area contributed by atoms with Gasteiger partial charge >= 0.3 is 0 Å². The maximum absolute atomic E-state index is 6.68. The van der Waals surface area contributed by atoms with Crippen LogP contribution < -0.4 is 0 Å².